The van der Waals surface area contributed by atoms with Crippen molar-refractivity contribution in [3.63, 3.8) is 0 Å². The molecule has 2 rings (SSSR count). The minimum absolute atomic E-state index is 0.737. The first kappa shape index (κ1) is 14.0. The number of anilines is 2. The van der Waals surface area contributed by atoms with Gasteiger partial charge in [0, 0.05) is 39.3 Å². The fourth-order valence-electron chi connectivity index (χ4n) is 2.37. The van der Waals surface area contributed by atoms with Gasteiger partial charge in [-0.1, -0.05) is 6.92 Å². The molecule has 0 N–H and O–H groups in total. The number of piperazine rings is 1. The van der Waals surface area contributed by atoms with Gasteiger partial charge in [0.1, 0.15) is 0 Å². The predicted octanol–water partition coefficient (Wildman–Crippen LogP) is 0.860. The summed E-state index contributed by atoms with van der Waals surface area (Å²) in [6.45, 7) is 13.6. The highest BCUT2D eigenvalue weighted by Crippen LogP contribution is 2.15. The molecule has 0 aliphatic carbocycles. The summed E-state index contributed by atoms with van der Waals surface area (Å²) in [5.74, 6) is 1.69. The molecule has 0 amide bonds. The van der Waals surface area contributed by atoms with Gasteiger partial charge in [0.05, 0.1) is 6.20 Å². The van der Waals surface area contributed by atoms with E-state index in [1.54, 1.807) is 6.20 Å². The molecular formula is C13H24N6. The van der Waals surface area contributed by atoms with Crippen molar-refractivity contribution in [2.24, 2.45) is 0 Å². The van der Waals surface area contributed by atoms with Gasteiger partial charge in [-0.3, -0.25) is 0 Å². The quantitative estimate of drug-likeness (QED) is 0.786. The van der Waals surface area contributed by atoms with Gasteiger partial charge in [-0.25, -0.2) is 0 Å². The summed E-state index contributed by atoms with van der Waals surface area (Å²) < 4.78 is 0. The summed E-state index contributed by atoms with van der Waals surface area (Å²) >= 11 is 0. The van der Waals surface area contributed by atoms with E-state index in [9.17, 15) is 0 Å². The van der Waals surface area contributed by atoms with Crippen molar-refractivity contribution < 1.29 is 0 Å². The Morgan fingerprint density at radius 3 is 2.37 bits per heavy atom. The average Bonchev–Trinajstić information content (AvgIpc) is 2.49. The van der Waals surface area contributed by atoms with Crippen LogP contribution in [0.4, 0.5) is 11.8 Å². The van der Waals surface area contributed by atoms with Crippen LogP contribution in [0.15, 0.2) is 6.20 Å². The smallest absolute Gasteiger partial charge is 0.247 e. The monoisotopic (exact) mass is 264 g/mol. The second-order valence-corrected chi connectivity index (χ2v) is 4.71. The maximum Gasteiger partial charge on any atom is 0.247 e. The first-order valence-corrected chi connectivity index (χ1v) is 7.20. The molecule has 2 heterocycles. The van der Waals surface area contributed by atoms with Gasteiger partial charge in [-0.15, -0.1) is 5.10 Å². The zero-order valence-electron chi connectivity index (χ0n) is 12.2. The van der Waals surface area contributed by atoms with Crippen molar-refractivity contribution in [3.05, 3.63) is 6.20 Å². The highest BCUT2D eigenvalue weighted by Gasteiger charge is 2.18. The molecular weight excluding hydrogens is 240 g/mol. The lowest BCUT2D eigenvalue weighted by molar-refractivity contribution is 0.270. The van der Waals surface area contributed by atoms with E-state index in [-0.39, 0.29) is 0 Å². The molecule has 0 spiro atoms. The van der Waals surface area contributed by atoms with E-state index in [0.717, 1.165) is 57.6 Å². The normalized spacial score (nSPS) is 16.7. The van der Waals surface area contributed by atoms with Crippen molar-refractivity contribution in [2.75, 3.05) is 55.6 Å². The zero-order chi connectivity index (χ0) is 13.7. The SMILES string of the molecule is CCN1CCN(c2cnnc(N(CC)CC)n2)CC1. The third-order valence-corrected chi connectivity index (χ3v) is 3.72. The van der Waals surface area contributed by atoms with E-state index >= 15 is 0 Å². The Labute approximate surface area is 115 Å². The topological polar surface area (TPSA) is 48.4 Å². The lowest BCUT2D eigenvalue weighted by Crippen LogP contribution is -2.46. The highest BCUT2D eigenvalue weighted by atomic mass is 15.4. The molecule has 1 aliphatic heterocycles. The van der Waals surface area contributed by atoms with Gasteiger partial charge in [0.15, 0.2) is 5.82 Å². The molecule has 1 aromatic rings. The first-order chi connectivity index (χ1) is 9.28. The maximum absolute atomic E-state index is 4.65. The summed E-state index contributed by atoms with van der Waals surface area (Å²) in [4.78, 5) is 11.5. The van der Waals surface area contributed by atoms with Crippen LogP contribution in [0.1, 0.15) is 20.8 Å². The van der Waals surface area contributed by atoms with Crippen molar-refractivity contribution in [1.29, 1.82) is 0 Å². The van der Waals surface area contributed by atoms with E-state index in [4.69, 9.17) is 0 Å². The zero-order valence-corrected chi connectivity index (χ0v) is 12.2. The molecule has 1 fully saturated rings. The summed E-state index contributed by atoms with van der Waals surface area (Å²) in [5.41, 5.74) is 0. The Morgan fingerprint density at radius 2 is 1.79 bits per heavy atom. The number of aromatic nitrogens is 3. The summed E-state index contributed by atoms with van der Waals surface area (Å²) in [6.07, 6.45) is 1.77. The third kappa shape index (κ3) is 3.32. The van der Waals surface area contributed by atoms with Gasteiger partial charge in [0.25, 0.3) is 0 Å². The molecule has 1 aromatic heterocycles. The molecule has 106 valence electrons. The summed E-state index contributed by atoms with van der Waals surface area (Å²) in [6, 6.07) is 0. The minimum atomic E-state index is 0.737. The number of hydrogen-bond acceptors (Lipinski definition) is 6. The van der Waals surface area contributed by atoms with Crippen LogP contribution in [-0.4, -0.2) is 65.9 Å². The second kappa shape index (κ2) is 6.65. The molecule has 0 unspecified atom stereocenters. The standard InChI is InChI=1S/C13H24N6/c1-4-17-7-9-19(10-8-17)12-11-14-16-13(15-12)18(5-2)6-3/h11H,4-10H2,1-3H3. The van der Waals surface area contributed by atoms with E-state index in [1.807, 2.05) is 0 Å². The molecule has 6 nitrogen and oxygen atoms in total. The van der Waals surface area contributed by atoms with Crippen LogP contribution in [0, 0.1) is 0 Å². The lowest BCUT2D eigenvalue weighted by atomic mass is 10.3. The van der Waals surface area contributed by atoms with E-state index in [2.05, 4.69) is 50.7 Å². The van der Waals surface area contributed by atoms with Gasteiger partial charge < -0.3 is 14.7 Å². The van der Waals surface area contributed by atoms with E-state index in [1.165, 1.54) is 0 Å². The molecule has 0 aromatic carbocycles. The van der Waals surface area contributed by atoms with Gasteiger partial charge in [-0.05, 0) is 20.4 Å². The number of hydrogen-bond donors (Lipinski definition) is 0. The molecule has 0 radical (unpaired) electrons. The van der Waals surface area contributed by atoms with Crippen molar-refractivity contribution >= 4 is 11.8 Å². The lowest BCUT2D eigenvalue weighted by Gasteiger charge is -2.34. The average molecular weight is 264 g/mol. The molecule has 0 saturated carbocycles. The van der Waals surface area contributed by atoms with Gasteiger partial charge in [0.2, 0.25) is 5.95 Å². The second-order valence-electron chi connectivity index (χ2n) is 4.71. The van der Waals surface area contributed by atoms with Crippen molar-refractivity contribution in [3.8, 4) is 0 Å². The van der Waals surface area contributed by atoms with Crippen LogP contribution in [0.25, 0.3) is 0 Å². The fraction of sp³-hybridized carbons (Fsp3) is 0.769. The number of nitrogens with zero attached hydrogens (tertiary/aromatic N) is 6. The van der Waals surface area contributed by atoms with Crippen LogP contribution < -0.4 is 9.80 Å². The molecule has 0 bridgehead atoms. The highest BCUT2D eigenvalue weighted by molar-refractivity contribution is 5.41. The Balaban J connectivity index is 2.07. The van der Waals surface area contributed by atoms with Crippen LogP contribution >= 0.6 is 0 Å². The molecule has 6 heteroatoms. The van der Waals surface area contributed by atoms with Gasteiger partial charge in [-0.2, -0.15) is 10.1 Å². The molecule has 0 atom stereocenters. The van der Waals surface area contributed by atoms with Crippen molar-refractivity contribution in [1.82, 2.24) is 20.1 Å². The van der Waals surface area contributed by atoms with Gasteiger partial charge >= 0.3 is 0 Å². The van der Waals surface area contributed by atoms with Crippen LogP contribution in [0.5, 0.6) is 0 Å². The molecule has 19 heavy (non-hydrogen) atoms. The van der Waals surface area contributed by atoms with Crippen LogP contribution in [-0.2, 0) is 0 Å². The first-order valence-electron chi connectivity index (χ1n) is 7.20. The van der Waals surface area contributed by atoms with E-state index in [0.29, 0.717) is 0 Å². The third-order valence-electron chi connectivity index (χ3n) is 3.72. The van der Waals surface area contributed by atoms with Crippen molar-refractivity contribution in [2.45, 2.75) is 20.8 Å². The fourth-order valence-corrected chi connectivity index (χ4v) is 2.37. The van der Waals surface area contributed by atoms with E-state index < -0.39 is 0 Å². The summed E-state index contributed by atoms with van der Waals surface area (Å²) in [7, 11) is 0. The maximum atomic E-state index is 4.65. The Morgan fingerprint density at radius 1 is 1.11 bits per heavy atom. The largest absolute Gasteiger partial charge is 0.353 e. The predicted molar refractivity (Wildman–Crippen MR) is 77.7 cm³/mol. The Kier molecular flexibility index (Phi) is 4.90. The Hall–Kier alpha value is -1.43. The Bertz CT molecular complexity index is 384. The number of likely N-dealkylation sites (N-methyl/N-ethyl adjacent to an activating group) is 1. The van der Waals surface area contributed by atoms with Crippen LogP contribution in [0.2, 0.25) is 0 Å². The number of rotatable bonds is 5. The van der Waals surface area contributed by atoms with Crippen LogP contribution in [0.3, 0.4) is 0 Å². The molecule has 1 saturated heterocycles. The summed E-state index contributed by atoms with van der Waals surface area (Å²) in [5, 5.41) is 8.24. The molecule has 1 aliphatic rings. The minimum Gasteiger partial charge on any atom is -0.353 e.